The summed E-state index contributed by atoms with van der Waals surface area (Å²) in [6.07, 6.45) is -4.30. The van der Waals surface area contributed by atoms with Crippen molar-refractivity contribution in [3.63, 3.8) is 0 Å². The summed E-state index contributed by atoms with van der Waals surface area (Å²) in [6.45, 7) is 3.45. The van der Waals surface area contributed by atoms with Gasteiger partial charge in [-0.25, -0.2) is 0 Å². The van der Waals surface area contributed by atoms with Gasteiger partial charge >= 0.3 is 6.18 Å². The summed E-state index contributed by atoms with van der Waals surface area (Å²) in [7, 11) is 0. The number of hydrogen-bond donors (Lipinski definition) is 2. The van der Waals surface area contributed by atoms with Crippen molar-refractivity contribution in [1.82, 2.24) is 0 Å². The number of hydrogen-bond acceptors (Lipinski definition) is 2. The quantitative estimate of drug-likeness (QED) is 0.878. The van der Waals surface area contributed by atoms with Gasteiger partial charge in [0.25, 0.3) is 0 Å². The first kappa shape index (κ1) is 14.3. The highest BCUT2D eigenvalue weighted by atomic mass is 79.9. The minimum absolute atomic E-state index is 0.0200. The SMILES string of the molecule is CC(C)(N)Cc1cc(Br)c(O)c(C(F)(F)F)c1. The Kier molecular flexibility index (Phi) is 3.78. The van der Waals surface area contributed by atoms with Gasteiger partial charge in [-0.3, -0.25) is 0 Å². The zero-order valence-corrected chi connectivity index (χ0v) is 11.0. The molecule has 2 nitrogen and oxygen atoms in total. The average molecular weight is 312 g/mol. The number of aromatic hydroxyl groups is 1. The molecule has 0 saturated heterocycles. The lowest BCUT2D eigenvalue weighted by Gasteiger charge is -2.20. The normalized spacial score (nSPS) is 12.9. The molecule has 0 amide bonds. The monoisotopic (exact) mass is 311 g/mol. The smallest absolute Gasteiger partial charge is 0.420 e. The zero-order chi connectivity index (χ0) is 13.4. The van der Waals surface area contributed by atoms with Crippen LogP contribution in [0.25, 0.3) is 0 Å². The van der Waals surface area contributed by atoms with Crippen LogP contribution in [0.3, 0.4) is 0 Å². The first-order chi connectivity index (χ1) is 7.50. The molecule has 0 bridgehead atoms. The van der Waals surface area contributed by atoms with Crippen LogP contribution < -0.4 is 5.73 Å². The Morgan fingerprint density at radius 1 is 1.29 bits per heavy atom. The molecular weight excluding hydrogens is 299 g/mol. The zero-order valence-electron chi connectivity index (χ0n) is 9.40. The molecule has 0 atom stereocenters. The molecule has 0 aromatic heterocycles. The van der Waals surface area contributed by atoms with Crippen LogP contribution in [0.2, 0.25) is 0 Å². The molecule has 3 N–H and O–H groups in total. The molecule has 0 saturated carbocycles. The van der Waals surface area contributed by atoms with Gasteiger partial charge in [-0.1, -0.05) is 0 Å². The first-order valence-electron chi connectivity index (χ1n) is 4.88. The minimum Gasteiger partial charge on any atom is -0.506 e. The van der Waals surface area contributed by atoms with Gasteiger partial charge in [-0.15, -0.1) is 0 Å². The standard InChI is InChI=1S/C11H13BrF3NO/c1-10(2,16)5-6-3-7(11(13,14)15)9(17)8(12)4-6/h3-4,17H,5,16H2,1-2H3. The third-order valence-corrected chi connectivity index (χ3v) is 2.69. The highest BCUT2D eigenvalue weighted by Crippen LogP contribution is 2.40. The van der Waals surface area contributed by atoms with Crippen molar-refractivity contribution in [3.8, 4) is 5.75 Å². The van der Waals surface area contributed by atoms with E-state index in [1.807, 2.05) is 0 Å². The van der Waals surface area contributed by atoms with E-state index < -0.39 is 23.0 Å². The van der Waals surface area contributed by atoms with E-state index in [0.29, 0.717) is 5.56 Å². The molecule has 0 unspecified atom stereocenters. The Bertz CT molecular complexity index is 424. The van der Waals surface area contributed by atoms with Gasteiger partial charge in [-0.05, 0) is 53.9 Å². The molecular formula is C11H13BrF3NO. The van der Waals surface area contributed by atoms with Gasteiger partial charge in [0.05, 0.1) is 10.0 Å². The molecule has 0 heterocycles. The first-order valence-corrected chi connectivity index (χ1v) is 5.67. The summed E-state index contributed by atoms with van der Waals surface area (Å²) in [5, 5.41) is 9.36. The van der Waals surface area contributed by atoms with E-state index in [9.17, 15) is 18.3 Å². The van der Waals surface area contributed by atoms with E-state index in [1.165, 1.54) is 6.07 Å². The van der Waals surface area contributed by atoms with E-state index in [1.54, 1.807) is 13.8 Å². The second-order valence-corrected chi connectivity index (χ2v) is 5.49. The lowest BCUT2D eigenvalue weighted by molar-refractivity contribution is -0.138. The number of nitrogens with two attached hydrogens (primary N) is 1. The van der Waals surface area contributed by atoms with Crippen LogP contribution in [0, 0.1) is 0 Å². The topological polar surface area (TPSA) is 46.2 Å². The van der Waals surface area contributed by atoms with Crippen molar-refractivity contribution in [1.29, 1.82) is 0 Å². The molecule has 0 aliphatic rings. The average Bonchev–Trinajstić information content (AvgIpc) is 2.06. The molecule has 0 aliphatic carbocycles. The summed E-state index contributed by atoms with van der Waals surface area (Å²) in [4.78, 5) is 0. The third kappa shape index (κ3) is 3.89. The maximum Gasteiger partial charge on any atom is 0.420 e. The van der Waals surface area contributed by atoms with Crippen molar-refractivity contribution < 1.29 is 18.3 Å². The number of rotatable bonds is 2. The van der Waals surface area contributed by atoms with Gasteiger partial charge in [0, 0.05) is 5.54 Å². The van der Waals surface area contributed by atoms with Crippen LogP contribution >= 0.6 is 15.9 Å². The van der Waals surface area contributed by atoms with Crippen molar-refractivity contribution in [2.75, 3.05) is 0 Å². The Balaban J connectivity index is 3.25. The fraction of sp³-hybridized carbons (Fsp3) is 0.455. The molecule has 1 aromatic rings. The molecule has 0 fully saturated rings. The van der Waals surface area contributed by atoms with E-state index in [4.69, 9.17) is 5.73 Å². The maximum atomic E-state index is 12.6. The van der Waals surface area contributed by atoms with Crippen LogP contribution in [0.4, 0.5) is 13.2 Å². The third-order valence-electron chi connectivity index (χ3n) is 2.09. The Morgan fingerprint density at radius 3 is 2.24 bits per heavy atom. The molecule has 96 valence electrons. The van der Waals surface area contributed by atoms with Crippen molar-refractivity contribution >= 4 is 15.9 Å². The summed E-state index contributed by atoms with van der Waals surface area (Å²) < 4.78 is 37.9. The molecule has 0 aliphatic heterocycles. The lowest BCUT2D eigenvalue weighted by Crippen LogP contribution is -2.34. The van der Waals surface area contributed by atoms with Gasteiger partial charge in [0.1, 0.15) is 5.75 Å². The molecule has 1 aromatic carbocycles. The largest absolute Gasteiger partial charge is 0.506 e. The summed E-state index contributed by atoms with van der Waals surface area (Å²) in [6, 6.07) is 2.37. The van der Waals surface area contributed by atoms with E-state index in [-0.39, 0.29) is 10.9 Å². The fourth-order valence-corrected chi connectivity index (χ4v) is 2.01. The fourth-order valence-electron chi connectivity index (χ4n) is 1.50. The van der Waals surface area contributed by atoms with Crippen molar-refractivity contribution in [2.45, 2.75) is 32.0 Å². The van der Waals surface area contributed by atoms with E-state index in [2.05, 4.69) is 15.9 Å². The predicted octanol–water partition coefficient (Wildman–Crippen LogP) is 3.45. The predicted molar refractivity (Wildman–Crippen MR) is 62.8 cm³/mol. The summed E-state index contributed by atoms with van der Waals surface area (Å²) in [5.41, 5.74) is 4.52. The lowest BCUT2D eigenvalue weighted by atomic mass is 9.95. The number of benzene rings is 1. The van der Waals surface area contributed by atoms with Crippen molar-refractivity contribution in [2.24, 2.45) is 5.73 Å². The highest BCUT2D eigenvalue weighted by Gasteiger charge is 2.35. The summed E-state index contributed by atoms with van der Waals surface area (Å²) >= 11 is 2.91. The second kappa shape index (κ2) is 4.49. The second-order valence-electron chi connectivity index (χ2n) is 4.64. The Morgan fingerprint density at radius 2 is 1.82 bits per heavy atom. The molecule has 0 spiro atoms. The van der Waals surface area contributed by atoms with Crippen LogP contribution in [0.15, 0.2) is 16.6 Å². The number of halogens is 4. The Labute approximate surface area is 106 Å². The number of phenolic OH excluding ortho intramolecular Hbond substituents is 1. The van der Waals surface area contributed by atoms with Gasteiger partial charge in [0.2, 0.25) is 0 Å². The maximum absolute atomic E-state index is 12.6. The van der Waals surface area contributed by atoms with Gasteiger partial charge in [0.15, 0.2) is 0 Å². The van der Waals surface area contributed by atoms with Crippen LogP contribution in [0.5, 0.6) is 5.75 Å². The van der Waals surface area contributed by atoms with Crippen LogP contribution in [0.1, 0.15) is 25.0 Å². The van der Waals surface area contributed by atoms with E-state index >= 15 is 0 Å². The molecule has 1 rings (SSSR count). The van der Waals surface area contributed by atoms with Gasteiger partial charge < -0.3 is 10.8 Å². The van der Waals surface area contributed by atoms with Crippen molar-refractivity contribution in [3.05, 3.63) is 27.7 Å². The Hall–Kier alpha value is -0.750. The number of phenols is 1. The molecule has 17 heavy (non-hydrogen) atoms. The van der Waals surface area contributed by atoms with Crippen LogP contribution in [-0.4, -0.2) is 10.6 Å². The summed E-state index contributed by atoms with van der Waals surface area (Å²) in [5.74, 6) is -0.795. The highest BCUT2D eigenvalue weighted by molar-refractivity contribution is 9.10. The molecule has 6 heteroatoms. The molecule has 0 radical (unpaired) electrons. The van der Waals surface area contributed by atoms with E-state index in [0.717, 1.165) is 6.07 Å². The van der Waals surface area contributed by atoms with Gasteiger partial charge in [-0.2, -0.15) is 13.2 Å². The minimum atomic E-state index is -4.58. The van der Waals surface area contributed by atoms with Crippen LogP contribution in [-0.2, 0) is 12.6 Å². The number of alkyl halides is 3.